The van der Waals surface area contributed by atoms with Gasteiger partial charge in [-0.1, -0.05) is 0 Å². The van der Waals surface area contributed by atoms with Crippen LogP contribution in [0.15, 0.2) is 29.6 Å². The normalized spacial score (nSPS) is 11.4. The number of benzene rings is 1. The second-order valence-electron chi connectivity index (χ2n) is 4.67. The molecule has 24 heavy (non-hydrogen) atoms. The van der Waals surface area contributed by atoms with E-state index in [1.807, 2.05) is 17.4 Å². The standard InChI is InChI=1S/C15H15N3O5S/c1-8(12(19)18-15(16)21)23-14(20)11-7-24-13(17-11)9-3-5-10(22-2)6-4-9/h3-8H,1-2H3,(H3,16,18,19,21)/t8-/m0/s1. The van der Waals surface area contributed by atoms with E-state index in [2.05, 4.69) is 4.98 Å². The predicted molar refractivity (Wildman–Crippen MR) is 86.7 cm³/mol. The average Bonchev–Trinajstić information content (AvgIpc) is 3.04. The van der Waals surface area contributed by atoms with E-state index < -0.39 is 24.0 Å². The Bertz CT molecular complexity index is 757. The fourth-order valence-electron chi connectivity index (χ4n) is 1.73. The van der Waals surface area contributed by atoms with Gasteiger partial charge in [0.05, 0.1) is 7.11 Å². The number of ether oxygens (including phenoxy) is 2. The van der Waals surface area contributed by atoms with Crippen molar-refractivity contribution in [2.24, 2.45) is 5.73 Å². The minimum atomic E-state index is -1.17. The lowest BCUT2D eigenvalue weighted by molar-refractivity contribution is -0.127. The van der Waals surface area contributed by atoms with E-state index in [0.29, 0.717) is 10.8 Å². The number of carbonyl (C=O) groups excluding carboxylic acids is 3. The fraction of sp³-hybridized carbons (Fsp3) is 0.200. The third-order valence-corrected chi connectivity index (χ3v) is 3.84. The maximum atomic E-state index is 12.0. The summed E-state index contributed by atoms with van der Waals surface area (Å²) in [6.07, 6.45) is -1.17. The number of rotatable bonds is 5. The number of thiazole rings is 1. The Balaban J connectivity index is 2.05. The predicted octanol–water partition coefficient (Wildman–Crippen LogP) is 1.56. The summed E-state index contributed by atoms with van der Waals surface area (Å²) in [5.41, 5.74) is 5.72. The van der Waals surface area contributed by atoms with E-state index in [1.54, 1.807) is 19.2 Å². The fourth-order valence-corrected chi connectivity index (χ4v) is 2.53. The molecule has 0 aliphatic rings. The Morgan fingerprint density at radius 3 is 2.50 bits per heavy atom. The molecule has 0 saturated carbocycles. The van der Waals surface area contributed by atoms with Crippen LogP contribution < -0.4 is 15.8 Å². The van der Waals surface area contributed by atoms with Crippen LogP contribution in [0.3, 0.4) is 0 Å². The number of amides is 3. The Labute approximate surface area is 141 Å². The summed E-state index contributed by atoms with van der Waals surface area (Å²) >= 11 is 1.26. The molecule has 1 aromatic heterocycles. The van der Waals surface area contributed by atoms with Crippen molar-refractivity contribution in [1.82, 2.24) is 10.3 Å². The van der Waals surface area contributed by atoms with Crippen LogP contribution in [0.2, 0.25) is 0 Å². The molecule has 0 fully saturated rings. The molecule has 9 heteroatoms. The van der Waals surface area contributed by atoms with Gasteiger partial charge in [-0.25, -0.2) is 14.6 Å². The molecule has 0 radical (unpaired) electrons. The van der Waals surface area contributed by atoms with Gasteiger partial charge in [0.1, 0.15) is 10.8 Å². The highest BCUT2D eigenvalue weighted by Gasteiger charge is 2.21. The molecule has 0 saturated heterocycles. The van der Waals surface area contributed by atoms with Gasteiger partial charge in [0, 0.05) is 10.9 Å². The molecule has 3 amide bonds. The number of esters is 1. The largest absolute Gasteiger partial charge is 0.497 e. The number of imide groups is 1. The number of methoxy groups -OCH3 is 1. The zero-order valence-electron chi connectivity index (χ0n) is 12.9. The molecule has 1 heterocycles. The van der Waals surface area contributed by atoms with E-state index in [9.17, 15) is 14.4 Å². The Hall–Kier alpha value is -2.94. The van der Waals surface area contributed by atoms with Crippen LogP contribution >= 0.6 is 11.3 Å². The topological polar surface area (TPSA) is 121 Å². The quantitative estimate of drug-likeness (QED) is 0.790. The van der Waals surface area contributed by atoms with Gasteiger partial charge in [-0.05, 0) is 31.2 Å². The van der Waals surface area contributed by atoms with Gasteiger partial charge in [-0.3, -0.25) is 10.1 Å². The molecule has 2 rings (SSSR count). The third kappa shape index (κ3) is 4.29. The van der Waals surface area contributed by atoms with Gasteiger partial charge in [0.25, 0.3) is 5.91 Å². The molecule has 3 N–H and O–H groups in total. The highest BCUT2D eigenvalue weighted by atomic mass is 32.1. The zero-order valence-corrected chi connectivity index (χ0v) is 13.8. The van der Waals surface area contributed by atoms with Crippen molar-refractivity contribution in [2.75, 3.05) is 7.11 Å². The number of primary amides is 1. The van der Waals surface area contributed by atoms with Gasteiger partial charge in [0.2, 0.25) is 0 Å². The highest BCUT2D eigenvalue weighted by Crippen LogP contribution is 2.26. The second kappa shape index (κ2) is 7.55. The van der Waals surface area contributed by atoms with Crippen molar-refractivity contribution >= 4 is 29.2 Å². The molecular weight excluding hydrogens is 334 g/mol. The van der Waals surface area contributed by atoms with Crippen molar-refractivity contribution in [3.8, 4) is 16.3 Å². The summed E-state index contributed by atoms with van der Waals surface area (Å²) in [5, 5.41) is 3.99. The van der Waals surface area contributed by atoms with E-state index >= 15 is 0 Å². The van der Waals surface area contributed by atoms with Crippen LogP contribution in [0.5, 0.6) is 5.75 Å². The van der Waals surface area contributed by atoms with Crippen LogP contribution in [-0.2, 0) is 9.53 Å². The minimum Gasteiger partial charge on any atom is -0.497 e. The first-order valence-corrected chi connectivity index (χ1v) is 7.70. The first kappa shape index (κ1) is 17.4. The summed E-state index contributed by atoms with van der Waals surface area (Å²) < 4.78 is 10.0. The number of nitrogens with two attached hydrogens (primary N) is 1. The van der Waals surface area contributed by atoms with Gasteiger partial charge < -0.3 is 15.2 Å². The van der Waals surface area contributed by atoms with Crippen LogP contribution in [0, 0.1) is 0 Å². The maximum Gasteiger partial charge on any atom is 0.358 e. The molecule has 0 aliphatic carbocycles. The van der Waals surface area contributed by atoms with Gasteiger partial charge in [-0.2, -0.15) is 0 Å². The lowest BCUT2D eigenvalue weighted by Gasteiger charge is -2.10. The van der Waals surface area contributed by atoms with Crippen LogP contribution in [0.4, 0.5) is 4.79 Å². The van der Waals surface area contributed by atoms with Crippen molar-refractivity contribution in [1.29, 1.82) is 0 Å². The lowest BCUT2D eigenvalue weighted by atomic mass is 10.2. The van der Waals surface area contributed by atoms with Gasteiger partial charge in [0.15, 0.2) is 11.8 Å². The van der Waals surface area contributed by atoms with Crippen LogP contribution in [0.25, 0.3) is 10.6 Å². The number of hydrogen-bond acceptors (Lipinski definition) is 7. The first-order valence-electron chi connectivity index (χ1n) is 6.82. The second-order valence-corrected chi connectivity index (χ2v) is 5.53. The smallest absolute Gasteiger partial charge is 0.358 e. The number of urea groups is 1. The molecular formula is C15H15N3O5S. The number of nitrogens with zero attached hydrogens (tertiary/aromatic N) is 1. The van der Waals surface area contributed by atoms with Crippen molar-refractivity contribution < 1.29 is 23.9 Å². The number of carbonyl (C=O) groups is 3. The third-order valence-electron chi connectivity index (χ3n) is 2.95. The molecule has 1 aromatic carbocycles. The summed E-state index contributed by atoms with van der Waals surface area (Å²) in [6.45, 7) is 1.33. The molecule has 2 aromatic rings. The van der Waals surface area contributed by atoms with Crippen molar-refractivity contribution in [3.05, 3.63) is 35.3 Å². The highest BCUT2D eigenvalue weighted by molar-refractivity contribution is 7.13. The minimum absolute atomic E-state index is 0.0737. The molecule has 0 unspecified atom stereocenters. The maximum absolute atomic E-state index is 12.0. The first-order chi connectivity index (χ1) is 11.4. The van der Waals surface area contributed by atoms with Crippen LogP contribution in [-0.4, -0.2) is 36.1 Å². The van der Waals surface area contributed by atoms with E-state index in [-0.39, 0.29) is 5.69 Å². The Kier molecular flexibility index (Phi) is 5.48. The van der Waals surface area contributed by atoms with Crippen molar-refractivity contribution in [2.45, 2.75) is 13.0 Å². The molecule has 1 atom stereocenters. The zero-order chi connectivity index (χ0) is 17.7. The monoisotopic (exact) mass is 349 g/mol. The molecule has 0 bridgehead atoms. The molecule has 126 valence electrons. The Morgan fingerprint density at radius 2 is 1.92 bits per heavy atom. The van der Waals surface area contributed by atoms with E-state index in [0.717, 1.165) is 5.56 Å². The molecule has 0 aliphatic heterocycles. The number of nitrogens with one attached hydrogen (secondary N) is 1. The Morgan fingerprint density at radius 1 is 1.25 bits per heavy atom. The lowest BCUT2D eigenvalue weighted by Crippen LogP contribution is -2.42. The average molecular weight is 349 g/mol. The van der Waals surface area contributed by atoms with Crippen molar-refractivity contribution in [3.63, 3.8) is 0 Å². The number of hydrogen-bond donors (Lipinski definition) is 2. The SMILES string of the molecule is COc1ccc(-c2nc(C(=O)O[C@@H](C)C(=O)NC(N)=O)cs2)cc1. The van der Waals surface area contributed by atoms with E-state index in [4.69, 9.17) is 15.2 Å². The van der Waals surface area contributed by atoms with E-state index in [1.165, 1.54) is 23.6 Å². The number of aromatic nitrogens is 1. The summed E-state index contributed by atoms with van der Waals surface area (Å²) in [4.78, 5) is 38.3. The summed E-state index contributed by atoms with van der Waals surface area (Å²) in [5.74, 6) is -0.858. The molecule has 8 nitrogen and oxygen atoms in total. The van der Waals surface area contributed by atoms with Crippen LogP contribution in [0.1, 0.15) is 17.4 Å². The summed E-state index contributed by atoms with van der Waals surface area (Å²) in [7, 11) is 1.57. The molecule has 0 spiro atoms. The summed E-state index contributed by atoms with van der Waals surface area (Å²) in [6, 6.07) is 6.18. The van der Waals surface area contributed by atoms with Gasteiger partial charge >= 0.3 is 12.0 Å². The van der Waals surface area contributed by atoms with Gasteiger partial charge in [-0.15, -0.1) is 11.3 Å².